The number of aromatic carboxylic acids is 1. The lowest BCUT2D eigenvalue weighted by molar-refractivity contribution is 0.0684. The minimum atomic E-state index is -1.03. The van der Waals surface area contributed by atoms with E-state index in [0.717, 1.165) is 0 Å². The quantitative estimate of drug-likeness (QED) is 0.924. The molecule has 94 valence electrons. The zero-order chi connectivity index (χ0) is 13.1. The average molecular weight is 267 g/mol. The Kier molecular flexibility index (Phi) is 3.53. The minimum absolute atomic E-state index is 0.0986. The molecule has 0 aliphatic carbocycles. The van der Waals surface area contributed by atoms with Crippen LogP contribution in [0.4, 0.5) is 0 Å². The molecular formula is C12H11ClN2O3. The first-order chi connectivity index (χ1) is 8.61. The lowest BCUT2D eigenvalue weighted by Gasteiger charge is -2.08. The second-order valence-electron chi connectivity index (χ2n) is 3.53. The van der Waals surface area contributed by atoms with Crippen LogP contribution in [0.3, 0.4) is 0 Å². The number of benzene rings is 1. The Labute approximate surface area is 109 Å². The van der Waals surface area contributed by atoms with Crippen LogP contribution >= 0.6 is 11.6 Å². The third kappa shape index (κ3) is 2.46. The monoisotopic (exact) mass is 266 g/mol. The highest BCUT2D eigenvalue weighted by atomic mass is 35.5. The van der Waals surface area contributed by atoms with Crippen LogP contribution in [0.1, 0.15) is 17.4 Å². The summed E-state index contributed by atoms with van der Waals surface area (Å²) < 4.78 is 7.00. The van der Waals surface area contributed by atoms with Crippen LogP contribution in [-0.4, -0.2) is 20.6 Å². The Balaban J connectivity index is 2.29. The fourth-order valence-corrected chi connectivity index (χ4v) is 1.65. The van der Waals surface area contributed by atoms with Crippen molar-refractivity contribution in [2.45, 2.75) is 13.5 Å². The maximum atomic E-state index is 11.0. The Morgan fingerprint density at radius 2 is 2.11 bits per heavy atom. The van der Waals surface area contributed by atoms with Crippen LogP contribution in [-0.2, 0) is 6.54 Å². The number of halogens is 1. The molecule has 0 aliphatic rings. The van der Waals surface area contributed by atoms with Crippen molar-refractivity contribution in [3.63, 3.8) is 0 Å². The maximum absolute atomic E-state index is 11.0. The van der Waals surface area contributed by atoms with E-state index in [0.29, 0.717) is 17.3 Å². The van der Waals surface area contributed by atoms with Crippen molar-refractivity contribution in [3.05, 3.63) is 41.2 Å². The van der Waals surface area contributed by atoms with E-state index >= 15 is 0 Å². The molecular weight excluding hydrogens is 256 g/mol. The number of rotatable bonds is 4. The highest BCUT2D eigenvalue weighted by molar-refractivity contribution is 6.30. The first kappa shape index (κ1) is 12.4. The molecule has 1 aromatic heterocycles. The van der Waals surface area contributed by atoms with Gasteiger partial charge in [-0.25, -0.2) is 9.78 Å². The van der Waals surface area contributed by atoms with Gasteiger partial charge >= 0.3 is 12.0 Å². The SMILES string of the molecule is CCn1c(C(=O)O)cnc1Oc1ccc(Cl)cc1. The number of carbonyl (C=O) groups is 1. The molecule has 1 aromatic carbocycles. The predicted molar refractivity (Wildman–Crippen MR) is 66.4 cm³/mol. The largest absolute Gasteiger partial charge is 0.477 e. The summed E-state index contributed by atoms with van der Waals surface area (Å²) in [7, 11) is 0. The fraction of sp³-hybridized carbons (Fsp3) is 0.167. The maximum Gasteiger partial charge on any atom is 0.354 e. The van der Waals surface area contributed by atoms with Gasteiger partial charge in [0.05, 0.1) is 6.20 Å². The highest BCUT2D eigenvalue weighted by Crippen LogP contribution is 2.23. The summed E-state index contributed by atoms with van der Waals surface area (Å²) in [5.74, 6) is -0.480. The molecule has 0 atom stereocenters. The van der Waals surface area contributed by atoms with E-state index in [1.165, 1.54) is 10.8 Å². The van der Waals surface area contributed by atoms with Crippen molar-refractivity contribution in [2.24, 2.45) is 0 Å². The average Bonchev–Trinajstić information content (AvgIpc) is 2.75. The number of carboxylic acids is 1. The number of hydrogen-bond acceptors (Lipinski definition) is 3. The van der Waals surface area contributed by atoms with Crippen molar-refractivity contribution in [1.82, 2.24) is 9.55 Å². The normalized spacial score (nSPS) is 10.3. The number of hydrogen-bond donors (Lipinski definition) is 1. The first-order valence-electron chi connectivity index (χ1n) is 5.34. The third-order valence-electron chi connectivity index (χ3n) is 2.38. The van der Waals surface area contributed by atoms with E-state index in [1.54, 1.807) is 24.3 Å². The second kappa shape index (κ2) is 5.10. The summed E-state index contributed by atoms with van der Waals surface area (Å²) in [6.07, 6.45) is 1.27. The van der Waals surface area contributed by atoms with Crippen LogP contribution < -0.4 is 4.74 Å². The van der Waals surface area contributed by atoms with Gasteiger partial charge in [0.2, 0.25) is 0 Å². The third-order valence-corrected chi connectivity index (χ3v) is 2.63. The van der Waals surface area contributed by atoms with Crippen molar-refractivity contribution in [2.75, 3.05) is 0 Å². The van der Waals surface area contributed by atoms with E-state index in [-0.39, 0.29) is 11.7 Å². The van der Waals surface area contributed by atoms with Crippen molar-refractivity contribution < 1.29 is 14.6 Å². The van der Waals surface area contributed by atoms with E-state index in [4.69, 9.17) is 21.4 Å². The van der Waals surface area contributed by atoms with E-state index < -0.39 is 5.97 Å². The highest BCUT2D eigenvalue weighted by Gasteiger charge is 2.15. The second-order valence-corrected chi connectivity index (χ2v) is 3.97. The van der Waals surface area contributed by atoms with Crippen LogP contribution in [0.25, 0.3) is 0 Å². The lowest BCUT2D eigenvalue weighted by Crippen LogP contribution is -2.08. The number of nitrogens with zero attached hydrogens (tertiary/aromatic N) is 2. The van der Waals surface area contributed by atoms with Gasteiger partial charge in [0.15, 0.2) is 0 Å². The van der Waals surface area contributed by atoms with Crippen LogP contribution in [0.2, 0.25) is 5.02 Å². The summed E-state index contributed by atoms with van der Waals surface area (Å²) in [6, 6.07) is 7.01. The Morgan fingerprint density at radius 3 is 2.67 bits per heavy atom. The van der Waals surface area contributed by atoms with Crippen LogP contribution in [0.15, 0.2) is 30.5 Å². The summed E-state index contributed by atoms with van der Waals surface area (Å²) >= 11 is 5.76. The summed E-state index contributed by atoms with van der Waals surface area (Å²) in [6.45, 7) is 2.29. The predicted octanol–water partition coefficient (Wildman–Crippen LogP) is 3.05. The molecule has 5 nitrogen and oxygen atoms in total. The number of ether oxygens (including phenoxy) is 1. The van der Waals surface area contributed by atoms with E-state index in [1.807, 2.05) is 6.92 Å². The zero-order valence-corrected chi connectivity index (χ0v) is 10.4. The molecule has 2 aromatic rings. The van der Waals surface area contributed by atoms with Gasteiger partial charge in [-0.1, -0.05) is 11.6 Å². The minimum Gasteiger partial charge on any atom is -0.477 e. The Hall–Kier alpha value is -2.01. The summed E-state index contributed by atoms with van der Waals surface area (Å²) in [4.78, 5) is 14.9. The van der Waals surface area contributed by atoms with Gasteiger partial charge in [0.25, 0.3) is 0 Å². The van der Waals surface area contributed by atoms with Gasteiger partial charge in [-0.15, -0.1) is 0 Å². The van der Waals surface area contributed by atoms with Gasteiger partial charge in [-0.3, -0.25) is 4.57 Å². The molecule has 0 saturated heterocycles. The molecule has 0 fully saturated rings. The molecule has 0 spiro atoms. The molecule has 0 unspecified atom stereocenters. The smallest absolute Gasteiger partial charge is 0.354 e. The molecule has 18 heavy (non-hydrogen) atoms. The van der Waals surface area contributed by atoms with Gasteiger partial charge in [0.1, 0.15) is 11.4 Å². The standard InChI is InChI=1S/C12H11ClN2O3/c1-2-15-10(11(16)17)7-14-12(15)18-9-5-3-8(13)4-6-9/h3-7H,2H2,1H3,(H,16,17). The molecule has 0 saturated carbocycles. The molecule has 0 amide bonds. The topological polar surface area (TPSA) is 64.4 Å². The molecule has 0 aliphatic heterocycles. The van der Waals surface area contributed by atoms with Gasteiger partial charge in [0, 0.05) is 11.6 Å². The molecule has 0 bridgehead atoms. The van der Waals surface area contributed by atoms with E-state index in [9.17, 15) is 4.79 Å². The Bertz CT molecular complexity index is 563. The summed E-state index contributed by atoms with van der Waals surface area (Å²) in [5, 5.41) is 9.58. The number of imidazole rings is 1. The summed E-state index contributed by atoms with van der Waals surface area (Å²) in [5.41, 5.74) is 0.0986. The fourth-order valence-electron chi connectivity index (χ4n) is 1.52. The molecule has 1 N–H and O–H groups in total. The first-order valence-corrected chi connectivity index (χ1v) is 5.72. The zero-order valence-electron chi connectivity index (χ0n) is 9.63. The number of aromatic nitrogens is 2. The van der Waals surface area contributed by atoms with Crippen molar-refractivity contribution >= 4 is 17.6 Å². The molecule has 1 heterocycles. The molecule has 0 radical (unpaired) electrons. The van der Waals surface area contributed by atoms with Crippen molar-refractivity contribution in [3.8, 4) is 11.8 Å². The van der Waals surface area contributed by atoms with Crippen molar-refractivity contribution in [1.29, 1.82) is 0 Å². The lowest BCUT2D eigenvalue weighted by atomic mass is 10.3. The van der Waals surface area contributed by atoms with Crippen LogP contribution in [0, 0.1) is 0 Å². The van der Waals surface area contributed by atoms with Crippen LogP contribution in [0.5, 0.6) is 11.8 Å². The Morgan fingerprint density at radius 1 is 1.44 bits per heavy atom. The van der Waals surface area contributed by atoms with E-state index in [2.05, 4.69) is 4.98 Å². The molecule has 2 rings (SSSR count). The van der Waals surface area contributed by atoms with Gasteiger partial charge in [-0.2, -0.15) is 0 Å². The number of carboxylic acid groups (broad SMARTS) is 1. The van der Waals surface area contributed by atoms with Gasteiger partial charge in [-0.05, 0) is 31.2 Å². The molecule has 6 heteroatoms. The van der Waals surface area contributed by atoms with Gasteiger partial charge < -0.3 is 9.84 Å².